The monoisotopic (exact) mass is 282 g/mol. The number of likely N-dealkylation sites (N-methyl/N-ethyl adjacent to an activating group) is 1. The highest BCUT2D eigenvalue weighted by Crippen LogP contribution is 2.20. The minimum Gasteiger partial charge on any atom is -0.325 e. The maximum Gasteiger partial charge on any atom is 0.238 e. The van der Waals surface area contributed by atoms with Crippen molar-refractivity contribution in [3.8, 4) is 11.1 Å². The summed E-state index contributed by atoms with van der Waals surface area (Å²) in [5, 5.41) is 2.94. The summed E-state index contributed by atoms with van der Waals surface area (Å²) in [7, 11) is 0. The Morgan fingerprint density at radius 1 is 0.905 bits per heavy atom. The first-order valence-electron chi connectivity index (χ1n) is 7.40. The number of nitrogens with one attached hydrogen (secondary N) is 1. The summed E-state index contributed by atoms with van der Waals surface area (Å²) in [6.07, 6.45) is 0. The molecule has 0 aliphatic heterocycles. The number of rotatable bonds is 6. The van der Waals surface area contributed by atoms with Crippen molar-refractivity contribution in [2.75, 3.05) is 25.0 Å². The molecule has 0 atom stereocenters. The average Bonchev–Trinajstić information content (AvgIpc) is 2.54. The average molecular weight is 282 g/mol. The second-order valence-corrected chi connectivity index (χ2v) is 4.95. The van der Waals surface area contributed by atoms with Crippen LogP contribution >= 0.6 is 0 Å². The molecule has 0 aromatic heterocycles. The van der Waals surface area contributed by atoms with Crippen molar-refractivity contribution in [1.29, 1.82) is 0 Å². The van der Waals surface area contributed by atoms with Crippen LogP contribution in [-0.2, 0) is 4.79 Å². The van der Waals surface area contributed by atoms with Gasteiger partial charge in [-0.25, -0.2) is 0 Å². The van der Waals surface area contributed by atoms with Crippen molar-refractivity contribution in [2.24, 2.45) is 0 Å². The van der Waals surface area contributed by atoms with Gasteiger partial charge in [-0.2, -0.15) is 0 Å². The molecular weight excluding hydrogens is 260 g/mol. The molecule has 0 spiro atoms. The van der Waals surface area contributed by atoms with Gasteiger partial charge in [0.25, 0.3) is 0 Å². The summed E-state index contributed by atoms with van der Waals surface area (Å²) in [6.45, 7) is 6.33. The first-order valence-corrected chi connectivity index (χ1v) is 7.40. The van der Waals surface area contributed by atoms with Gasteiger partial charge in [0.1, 0.15) is 0 Å². The predicted octanol–water partition coefficient (Wildman–Crippen LogP) is 3.63. The van der Waals surface area contributed by atoms with E-state index in [1.54, 1.807) is 0 Å². The van der Waals surface area contributed by atoms with Gasteiger partial charge in [-0.15, -0.1) is 0 Å². The fourth-order valence-electron chi connectivity index (χ4n) is 2.23. The molecule has 0 bridgehead atoms. The zero-order valence-electron chi connectivity index (χ0n) is 12.7. The number of nitrogens with zero attached hydrogens (tertiary/aromatic N) is 1. The van der Waals surface area contributed by atoms with Crippen LogP contribution in [0.5, 0.6) is 0 Å². The van der Waals surface area contributed by atoms with E-state index in [4.69, 9.17) is 0 Å². The first-order chi connectivity index (χ1) is 10.2. The molecule has 2 aromatic rings. The van der Waals surface area contributed by atoms with E-state index in [-0.39, 0.29) is 5.91 Å². The van der Waals surface area contributed by atoms with Crippen molar-refractivity contribution in [2.45, 2.75) is 13.8 Å². The van der Waals surface area contributed by atoms with Gasteiger partial charge in [-0.1, -0.05) is 56.3 Å². The maximum absolute atomic E-state index is 11.9. The summed E-state index contributed by atoms with van der Waals surface area (Å²) >= 11 is 0. The molecule has 3 heteroatoms. The third-order valence-corrected chi connectivity index (χ3v) is 3.54. The van der Waals surface area contributed by atoms with Crippen molar-refractivity contribution in [1.82, 2.24) is 4.90 Å². The topological polar surface area (TPSA) is 32.3 Å². The molecule has 0 fully saturated rings. The highest BCUT2D eigenvalue weighted by atomic mass is 16.2. The smallest absolute Gasteiger partial charge is 0.238 e. The molecule has 0 unspecified atom stereocenters. The van der Waals surface area contributed by atoms with E-state index in [9.17, 15) is 4.79 Å². The van der Waals surface area contributed by atoms with Crippen LogP contribution in [0.15, 0.2) is 54.6 Å². The third-order valence-electron chi connectivity index (χ3n) is 3.54. The zero-order valence-corrected chi connectivity index (χ0v) is 12.7. The Morgan fingerprint density at radius 3 is 2.05 bits per heavy atom. The van der Waals surface area contributed by atoms with Crippen molar-refractivity contribution in [3.63, 3.8) is 0 Å². The minimum absolute atomic E-state index is 0.0335. The number of benzene rings is 2. The van der Waals surface area contributed by atoms with E-state index in [2.05, 4.69) is 36.2 Å². The lowest BCUT2D eigenvalue weighted by Crippen LogP contribution is -2.32. The second kappa shape index (κ2) is 7.60. The molecule has 21 heavy (non-hydrogen) atoms. The Kier molecular flexibility index (Phi) is 5.52. The molecule has 0 heterocycles. The van der Waals surface area contributed by atoms with E-state index in [0.29, 0.717) is 6.54 Å². The Morgan fingerprint density at radius 2 is 1.48 bits per heavy atom. The number of anilines is 1. The van der Waals surface area contributed by atoms with Crippen molar-refractivity contribution < 1.29 is 4.79 Å². The number of hydrogen-bond donors (Lipinski definition) is 1. The summed E-state index contributed by atoms with van der Waals surface area (Å²) in [4.78, 5) is 14.0. The van der Waals surface area contributed by atoms with Crippen LogP contribution in [0.3, 0.4) is 0 Å². The standard InChI is InChI=1S/C18H22N2O/c1-3-20(4-2)14-18(21)19-17-12-10-16(11-13-17)15-8-6-5-7-9-15/h5-13H,3-4,14H2,1-2H3,(H,19,21). The van der Waals surface area contributed by atoms with Gasteiger partial charge in [-0.3, -0.25) is 9.69 Å². The van der Waals surface area contributed by atoms with E-state index >= 15 is 0 Å². The minimum atomic E-state index is 0.0335. The van der Waals surface area contributed by atoms with Crippen molar-refractivity contribution >= 4 is 11.6 Å². The van der Waals surface area contributed by atoms with E-state index < -0.39 is 0 Å². The van der Waals surface area contributed by atoms with Gasteiger partial charge in [-0.05, 0) is 36.3 Å². The highest BCUT2D eigenvalue weighted by Gasteiger charge is 2.07. The van der Waals surface area contributed by atoms with Gasteiger partial charge in [0, 0.05) is 5.69 Å². The first kappa shape index (κ1) is 15.3. The Hall–Kier alpha value is -2.13. The quantitative estimate of drug-likeness (QED) is 0.877. The lowest BCUT2D eigenvalue weighted by Gasteiger charge is -2.17. The Bertz CT molecular complexity index is 560. The second-order valence-electron chi connectivity index (χ2n) is 4.95. The number of carbonyl (C=O) groups excluding carboxylic acids is 1. The summed E-state index contributed by atoms with van der Waals surface area (Å²) in [6, 6.07) is 18.2. The number of carbonyl (C=O) groups is 1. The maximum atomic E-state index is 11.9. The van der Waals surface area contributed by atoms with Crippen LogP contribution in [0.2, 0.25) is 0 Å². The van der Waals surface area contributed by atoms with Crippen LogP contribution in [0.1, 0.15) is 13.8 Å². The zero-order chi connectivity index (χ0) is 15.1. The number of hydrogen-bond acceptors (Lipinski definition) is 2. The summed E-state index contributed by atoms with van der Waals surface area (Å²) < 4.78 is 0. The van der Waals surface area contributed by atoms with Gasteiger partial charge < -0.3 is 5.32 Å². The fourth-order valence-corrected chi connectivity index (χ4v) is 2.23. The molecule has 3 nitrogen and oxygen atoms in total. The molecule has 0 saturated heterocycles. The lowest BCUT2D eigenvalue weighted by molar-refractivity contribution is -0.117. The third kappa shape index (κ3) is 4.43. The summed E-state index contributed by atoms with van der Waals surface area (Å²) in [5.74, 6) is 0.0335. The largest absolute Gasteiger partial charge is 0.325 e. The van der Waals surface area contributed by atoms with Crippen LogP contribution in [0.4, 0.5) is 5.69 Å². The van der Waals surface area contributed by atoms with Gasteiger partial charge in [0.15, 0.2) is 0 Å². The van der Waals surface area contributed by atoms with E-state index in [0.717, 1.165) is 24.3 Å². The Labute approximate surface area is 126 Å². The molecule has 0 aliphatic rings. The van der Waals surface area contributed by atoms with Gasteiger partial charge in [0.2, 0.25) is 5.91 Å². The van der Waals surface area contributed by atoms with Crippen LogP contribution < -0.4 is 5.32 Å². The van der Waals surface area contributed by atoms with E-state index in [1.165, 1.54) is 5.56 Å². The number of amides is 1. The predicted molar refractivity (Wildman–Crippen MR) is 88.3 cm³/mol. The molecule has 0 saturated carbocycles. The molecule has 0 aliphatic carbocycles. The molecule has 110 valence electrons. The van der Waals surface area contributed by atoms with Crippen LogP contribution in [0.25, 0.3) is 11.1 Å². The fraction of sp³-hybridized carbons (Fsp3) is 0.278. The SMILES string of the molecule is CCN(CC)CC(=O)Nc1ccc(-c2ccccc2)cc1. The van der Waals surface area contributed by atoms with E-state index in [1.807, 2.05) is 42.5 Å². The van der Waals surface area contributed by atoms with Gasteiger partial charge >= 0.3 is 0 Å². The van der Waals surface area contributed by atoms with Gasteiger partial charge in [0.05, 0.1) is 6.54 Å². The lowest BCUT2D eigenvalue weighted by atomic mass is 10.1. The molecule has 1 amide bonds. The highest BCUT2D eigenvalue weighted by molar-refractivity contribution is 5.92. The normalized spacial score (nSPS) is 10.6. The summed E-state index contributed by atoms with van der Waals surface area (Å²) in [5.41, 5.74) is 3.17. The molecular formula is C18H22N2O. The van der Waals surface area contributed by atoms with Crippen molar-refractivity contribution in [3.05, 3.63) is 54.6 Å². The van der Waals surface area contributed by atoms with Crippen LogP contribution in [-0.4, -0.2) is 30.4 Å². The van der Waals surface area contributed by atoms with Crippen LogP contribution in [0, 0.1) is 0 Å². The molecule has 0 radical (unpaired) electrons. The molecule has 1 N–H and O–H groups in total. The molecule has 2 aromatic carbocycles. The Balaban J connectivity index is 1.98. The molecule has 2 rings (SSSR count).